The molecule has 2 heterocycles. The molecule has 2 unspecified atom stereocenters. The number of likely N-dealkylation sites (tertiary alicyclic amines) is 1. The van der Waals surface area contributed by atoms with E-state index in [2.05, 4.69) is 28.7 Å². The molecule has 3 aromatic rings. The summed E-state index contributed by atoms with van der Waals surface area (Å²) in [5, 5.41) is 16.9. The molecule has 1 fully saturated rings. The molecule has 1 aliphatic heterocycles. The molecule has 2 aromatic carbocycles. The number of benzene rings is 2. The highest BCUT2D eigenvalue weighted by molar-refractivity contribution is 6.07. The Morgan fingerprint density at radius 1 is 1.20 bits per heavy atom. The number of allylic oxidation sites excluding steroid dienone is 3. The molecule has 0 bridgehead atoms. The summed E-state index contributed by atoms with van der Waals surface area (Å²) in [5.41, 5.74) is 5.03. The van der Waals surface area contributed by atoms with E-state index >= 15 is 0 Å². The number of amides is 1. The van der Waals surface area contributed by atoms with Crippen LogP contribution >= 0.6 is 0 Å². The smallest absolute Gasteiger partial charge is 0.242 e. The van der Waals surface area contributed by atoms with Crippen LogP contribution in [-0.2, 0) is 17.8 Å². The SMILES string of the molecule is COc1cc(C/C=C2/C(C)=C(C(NC3CCN(C)C3)C(=O)NCc3ccco3)c3cc(F)ccc32)cc(OC)c1O. The molecule has 0 spiro atoms. The normalized spacial score (nSPS) is 18.6. The molecule has 1 amide bonds. The Labute approximate surface area is 239 Å². The third-order valence-electron chi connectivity index (χ3n) is 7.81. The Morgan fingerprint density at radius 2 is 1.95 bits per heavy atom. The van der Waals surface area contributed by atoms with Gasteiger partial charge in [0.15, 0.2) is 11.5 Å². The standard InChI is InChI=1S/C32H36FN3O5/c1-19-24(9-7-20-14-27(39-3)31(37)28(15-20)40-4)25-10-8-21(33)16-26(25)29(19)30(35-22-11-12-36(2)18-22)32(38)34-17-23-6-5-13-41-23/h5-6,8-10,13-16,22,30,35,37H,7,11-12,17-18H2,1-4H3,(H,34,38)/b24-9-. The minimum atomic E-state index is -0.693. The second-order valence-corrected chi connectivity index (χ2v) is 10.5. The van der Waals surface area contributed by atoms with Crippen molar-refractivity contribution >= 4 is 17.1 Å². The number of rotatable bonds is 10. The molecular weight excluding hydrogens is 525 g/mol. The number of halogens is 1. The van der Waals surface area contributed by atoms with E-state index in [1.165, 1.54) is 26.4 Å². The summed E-state index contributed by atoms with van der Waals surface area (Å²) in [6.07, 6.45) is 5.05. The van der Waals surface area contributed by atoms with Crippen molar-refractivity contribution in [2.75, 3.05) is 34.4 Å². The van der Waals surface area contributed by atoms with Gasteiger partial charge in [-0.25, -0.2) is 4.39 Å². The summed E-state index contributed by atoms with van der Waals surface area (Å²) in [6, 6.07) is 11.3. The molecule has 8 nitrogen and oxygen atoms in total. The third-order valence-corrected chi connectivity index (χ3v) is 7.81. The second-order valence-electron chi connectivity index (χ2n) is 10.5. The zero-order chi connectivity index (χ0) is 29.1. The number of carbonyl (C=O) groups is 1. The van der Waals surface area contributed by atoms with Crippen LogP contribution in [0.5, 0.6) is 17.2 Å². The molecule has 2 atom stereocenters. The van der Waals surface area contributed by atoms with Gasteiger partial charge in [0.05, 0.1) is 27.0 Å². The van der Waals surface area contributed by atoms with Gasteiger partial charge in [-0.05, 0) is 103 Å². The van der Waals surface area contributed by atoms with E-state index < -0.39 is 6.04 Å². The molecule has 0 radical (unpaired) electrons. The summed E-state index contributed by atoms with van der Waals surface area (Å²) in [6.45, 7) is 3.99. The number of phenols is 1. The van der Waals surface area contributed by atoms with Gasteiger partial charge in [0.1, 0.15) is 17.6 Å². The molecule has 41 heavy (non-hydrogen) atoms. The highest BCUT2D eigenvalue weighted by atomic mass is 19.1. The lowest BCUT2D eigenvalue weighted by atomic mass is 9.96. The number of hydrogen-bond donors (Lipinski definition) is 3. The van der Waals surface area contributed by atoms with Gasteiger partial charge < -0.3 is 29.2 Å². The molecule has 1 aliphatic carbocycles. The third kappa shape index (κ3) is 6.01. The van der Waals surface area contributed by atoms with Crippen molar-refractivity contribution in [3.8, 4) is 17.2 Å². The van der Waals surface area contributed by atoms with Crippen molar-refractivity contribution in [1.29, 1.82) is 0 Å². The Balaban J connectivity index is 1.52. The first kappa shape index (κ1) is 28.4. The first-order valence-electron chi connectivity index (χ1n) is 13.7. The number of likely N-dealkylation sites (N-methyl/N-ethyl adjacent to an activating group) is 1. The van der Waals surface area contributed by atoms with Gasteiger partial charge in [-0.3, -0.25) is 10.1 Å². The van der Waals surface area contributed by atoms with E-state index in [-0.39, 0.29) is 30.1 Å². The van der Waals surface area contributed by atoms with Crippen LogP contribution in [0, 0.1) is 5.82 Å². The molecule has 2 aliphatic rings. The maximum absolute atomic E-state index is 14.7. The van der Waals surface area contributed by atoms with Crippen LogP contribution in [0.1, 0.15) is 35.8 Å². The number of fused-ring (bicyclic) bond motifs is 1. The van der Waals surface area contributed by atoms with Crippen LogP contribution < -0.4 is 20.1 Å². The van der Waals surface area contributed by atoms with Crippen LogP contribution in [0.3, 0.4) is 0 Å². The quantitative estimate of drug-likeness (QED) is 0.335. The Bertz CT molecular complexity index is 1460. The van der Waals surface area contributed by atoms with Crippen LogP contribution in [0.15, 0.2) is 64.8 Å². The van der Waals surface area contributed by atoms with Gasteiger partial charge in [0.2, 0.25) is 11.7 Å². The Morgan fingerprint density at radius 3 is 2.59 bits per heavy atom. The van der Waals surface area contributed by atoms with Gasteiger partial charge in [0, 0.05) is 12.6 Å². The lowest BCUT2D eigenvalue weighted by molar-refractivity contribution is -0.122. The fraction of sp³-hybridized carbons (Fsp3) is 0.344. The van der Waals surface area contributed by atoms with E-state index in [9.17, 15) is 14.3 Å². The average molecular weight is 562 g/mol. The molecular formula is C32H36FN3O5. The number of nitrogens with zero attached hydrogens (tertiary/aromatic N) is 1. The van der Waals surface area contributed by atoms with Gasteiger partial charge in [-0.15, -0.1) is 0 Å². The number of hydrogen-bond acceptors (Lipinski definition) is 7. The summed E-state index contributed by atoms with van der Waals surface area (Å²) in [7, 11) is 5.04. The van der Waals surface area contributed by atoms with Gasteiger partial charge in [0.25, 0.3) is 0 Å². The van der Waals surface area contributed by atoms with Gasteiger partial charge in [-0.2, -0.15) is 0 Å². The van der Waals surface area contributed by atoms with Crippen LogP contribution in [0.25, 0.3) is 11.1 Å². The lowest BCUT2D eigenvalue weighted by Crippen LogP contribution is -2.49. The molecule has 5 rings (SSSR count). The monoisotopic (exact) mass is 561 g/mol. The summed E-state index contributed by atoms with van der Waals surface area (Å²) in [4.78, 5) is 16.0. The fourth-order valence-corrected chi connectivity index (χ4v) is 5.73. The summed E-state index contributed by atoms with van der Waals surface area (Å²) in [5.74, 6) is 0.672. The largest absolute Gasteiger partial charge is 0.502 e. The zero-order valence-electron chi connectivity index (χ0n) is 23.8. The number of carbonyl (C=O) groups excluding carboxylic acids is 1. The molecule has 3 N–H and O–H groups in total. The molecule has 1 aromatic heterocycles. The van der Waals surface area contributed by atoms with E-state index in [4.69, 9.17) is 13.9 Å². The second kappa shape index (κ2) is 12.2. The van der Waals surface area contributed by atoms with Crippen molar-refractivity contribution < 1.29 is 28.2 Å². The molecule has 0 saturated carbocycles. The summed E-state index contributed by atoms with van der Waals surface area (Å²) < 4.78 is 30.7. The van der Waals surface area contributed by atoms with Crippen molar-refractivity contribution in [1.82, 2.24) is 15.5 Å². The highest BCUT2D eigenvalue weighted by Crippen LogP contribution is 2.44. The van der Waals surface area contributed by atoms with E-state index in [1.807, 2.05) is 13.0 Å². The minimum absolute atomic E-state index is 0.0570. The highest BCUT2D eigenvalue weighted by Gasteiger charge is 2.35. The maximum atomic E-state index is 14.7. The lowest BCUT2D eigenvalue weighted by Gasteiger charge is -2.25. The summed E-state index contributed by atoms with van der Waals surface area (Å²) >= 11 is 0. The number of aromatic hydroxyl groups is 1. The predicted octanol–water partition coefficient (Wildman–Crippen LogP) is 4.53. The first-order chi connectivity index (χ1) is 19.8. The number of ether oxygens (including phenoxy) is 2. The Hall–Kier alpha value is -4.08. The zero-order valence-corrected chi connectivity index (χ0v) is 23.8. The van der Waals surface area contributed by atoms with Crippen LogP contribution in [-0.4, -0.2) is 62.4 Å². The van der Waals surface area contributed by atoms with Crippen molar-refractivity contribution in [3.05, 3.63) is 88.6 Å². The van der Waals surface area contributed by atoms with Crippen LogP contribution in [0.2, 0.25) is 0 Å². The van der Waals surface area contributed by atoms with E-state index in [0.717, 1.165) is 47.4 Å². The van der Waals surface area contributed by atoms with E-state index in [1.54, 1.807) is 30.5 Å². The molecule has 9 heteroatoms. The Kier molecular flexibility index (Phi) is 8.46. The van der Waals surface area contributed by atoms with Crippen molar-refractivity contribution in [2.24, 2.45) is 0 Å². The first-order valence-corrected chi connectivity index (χ1v) is 13.7. The molecule has 1 saturated heterocycles. The van der Waals surface area contributed by atoms with Crippen LogP contribution in [0.4, 0.5) is 4.39 Å². The maximum Gasteiger partial charge on any atom is 0.242 e. The number of nitrogens with one attached hydrogen (secondary N) is 2. The molecule has 216 valence electrons. The minimum Gasteiger partial charge on any atom is -0.502 e. The topological polar surface area (TPSA) is 96.2 Å². The number of phenolic OH excluding ortho intramolecular Hbond substituents is 1. The predicted molar refractivity (Wildman–Crippen MR) is 155 cm³/mol. The number of furan rings is 1. The average Bonchev–Trinajstić information content (AvgIpc) is 3.69. The van der Waals surface area contributed by atoms with E-state index in [0.29, 0.717) is 29.2 Å². The van der Waals surface area contributed by atoms with Crippen molar-refractivity contribution in [2.45, 2.75) is 38.4 Å². The van der Waals surface area contributed by atoms with Gasteiger partial charge in [-0.1, -0.05) is 12.1 Å². The van der Waals surface area contributed by atoms with Gasteiger partial charge >= 0.3 is 0 Å². The van der Waals surface area contributed by atoms with Crippen molar-refractivity contribution in [3.63, 3.8) is 0 Å². The number of methoxy groups -OCH3 is 2. The fourth-order valence-electron chi connectivity index (χ4n) is 5.73.